The number of hydrogen-bond acceptors (Lipinski definition) is 3. The summed E-state index contributed by atoms with van der Waals surface area (Å²) < 4.78 is 18.4. The van der Waals surface area contributed by atoms with Gasteiger partial charge in [-0.05, 0) is 29.8 Å². The van der Waals surface area contributed by atoms with Gasteiger partial charge in [0, 0.05) is 13.1 Å². The molecule has 106 valence electrons. The number of fused-ring (bicyclic) bond motifs is 1. The number of carbonyl (C=O) groups excluding carboxylic acids is 2. The van der Waals surface area contributed by atoms with E-state index in [9.17, 15) is 14.0 Å². The topological polar surface area (TPSA) is 46.6 Å². The van der Waals surface area contributed by atoms with Gasteiger partial charge < -0.3 is 9.64 Å². The molecule has 1 aliphatic rings. The molecule has 0 saturated carbocycles. The lowest BCUT2D eigenvalue weighted by Gasteiger charge is -2.11. The third-order valence-corrected chi connectivity index (χ3v) is 3.39. The molecule has 0 saturated heterocycles. The van der Waals surface area contributed by atoms with Crippen LogP contribution < -0.4 is 9.64 Å². The summed E-state index contributed by atoms with van der Waals surface area (Å²) >= 11 is 0. The second kappa shape index (κ2) is 5.01. The van der Waals surface area contributed by atoms with Crippen LogP contribution in [0, 0.1) is 5.82 Å². The molecule has 0 fully saturated rings. The van der Waals surface area contributed by atoms with Gasteiger partial charge >= 0.3 is 0 Å². The van der Waals surface area contributed by atoms with E-state index in [0.717, 1.165) is 5.56 Å². The molecule has 0 spiro atoms. The second-order valence-corrected chi connectivity index (χ2v) is 4.79. The van der Waals surface area contributed by atoms with Gasteiger partial charge in [-0.25, -0.2) is 4.39 Å². The van der Waals surface area contributed by atoms with Crippen molar-refractivity contribution in [3.8, 4) is 5.75 Å². The van der Waals surface area contributed by atoms with Crippen LogP contribution in [-0.4, -0.2) is 18.7 Å². The Kier molecular flexibility index (Phi) is 3.17. The Labute approximate surface area is 120 Å². The first-order valence-electron chi connectivity index (χ1n) is 6.40. The second-order valence-electron chi connectivity index (χ2n) is 4.79. The number of nitrogens with zero attached hydrogens (tertiary/aromatic N) is 1. The van der Waals surface area contributed by atoms with Gasteiger partial charge in [0.25, 0.3) is 11.7 Å². The molecule has 21 heavy (non-hydrogen) atoms. The van der Waals surface area contributed by atoms with Gasteiger partial charge in [-0.2, -0.15) is 0 Å². The van der Waals surface area contributed by atoms with Crippen molar-refractivity contribution in [2.45, 2.75) is 6.61 Å². The number of benzene rings is 2. The average Bonchev–Trinajstić information content (AvgIpc) is 2.71. The largest absolute Gasteiger partial charge is 0.489 e. The smallest absolute Gasteiger partial charge is 0.299 e. The maximum atomic E-state index is 12.8. The number of hydrogen-bond donors (Lipinski definition) is 0. The van der Waals surface area contributed by atoms with E-state index in [4.69, 9.17) is 4.74 Å². The number of anilines is 1. The van der Waals surface area contributed by atoms with Crippen molar-refractivity contribution in [2.24, 2.45) is 0 Å². The van der Waals surface area contributed by atoms with Crippen LogP contribution in [0.25, 0.3) is 0 Å². The lowest BCUT2D eigenvalue weighted by atomic mass is 10.1. The van der Waals surface area contributed by atoms with Gasteiger partial charge in [-0.15, -0.1) is 0 Å². The van der Waals surface area contributed by atoms with E-state index < -0.39 is 11.7 Å². The number of halogens is 1. The van der Waals surface area contributed by atoms with Gasteiger partial charge in [-0.1, -0.05) is 12.1 Å². The lowest BCUT2D eigenvalue weighted by Crippen LogP contribution is -2.24. The molecule has 4 nitrogen and oxygen atoms in total. The summed E-state index contributed by atoms with van der Waals surface area (Å²) in [5.41, 5.74) is 1.76. The van der Waals surface area contributed by atoms with Crippen molar-refractivity contribution in [3.63, 3.8) is 0 Å². The first-order valence-corrected chi connectivity index (χ1v) is 6.40. The highest BCUT2D eigenvalue weighted by molar-refractivity contribution is 6.52. The zero-order valence-electron chi connectivity index (χ0n) is 11.3. The Morgan fingerprint density at radius 1 is 1.10 bits per heavy atom. The maximum Gasteiger partial charge on any atom is 0.299 e. The molecule has 0 bridgehead atoms. The first-order chi connectivity index (χ1) is 10.1. The third kappa shape index (κ3) is 2.38. The highest BCUT2D eigenvalue weighted by Gasteiger charge is 2.33. The van der Waals surface area contributed by atoms with E-state index in [-0.39, 0.29) is 12.4 Å². The number of rotatable bonds is 3. The molecule has 0 atom stereocenters. The predicted molar refractivity (Wildman–Crippen MR) is 74.9 cm³/mol. The molecular formula is C16H12FNO3. The number of amides is 1. The fourth-order valence-electron chi connectivity index (χ4n) is 2.19. The minimum Gasteiger partial charge on any atom is -0.489 e. The molecule has 1 heterocycles. The number of likely N-dealkylation sites (N-methyl/N-ethyl adjacent to an activating group) is 1. The zero-order valence-corrected chi connectivity index (χ0v) is 11.3. The van der Waals surface area contributed by atoms with E-state index in [2.05, 4.69) is 0 Å². The van der Waals surface area contributed by atoms with Crippen LogP contribution >= 0.6 is 0 Å². The fourth-order valence-corrected chi connectivity index (χ4v) is 2.19. The van der Waals surface area contributed by atoms with Crippen LogP contribution in [0.1, 0.15) is 15.9 Å². The average molecular weight is 285 g/mol. The van der Waals surface area contributed by atoms with Crippen LogP contribution in [0.2, 0.25) is 0 Å². The Balaban J connectivity index is 1.78. The van der Waals surface area contributed by atoms with E-state index in [1.165, 1.54) is 17.0 Å². The van der Waals surface area contributed by atoms with Crippen molar-refractivity contribution in [1.29, 1.82) is 0 Å². The molecule has 1 amide bonds. The van der Waals surface area contributed by atoms with Crippen molar-refractivity contribution in [2.75, 3.05) is 11.9 Å². The summed E-state index contributed by atoms with van der Waals surface area (Å²) in [6.07, 6.45) is 0. The molecule has 0 unspecified atom stereocenters. The highest BCUT2D eigenvalue weighted by atomic mass is 19.1. The monoisotopic (exact) mass is 285 g/mol. The minimum absolute atomic E-state index is 0.282. The molecule has 0 aliphatic carbocycles. The van der Waals surface area contributed by atoms with Gasteiger partial charge in [0.1, 0.15) is 18.2 Å². The molecular weight excluding hydrogens is 273 g/mol. The lowest BCUT2D eigenvalue weighted by molar-refractivity contribution is -0.114. The van der Waals surface area contributed by atoms with Crippen LogP contribution in [0.5, 0.6) is 5.75 Å². The minimum atomic E-state index is -0.541. The summed E-state index contributed by atoms with van der Waals surface area (Å²) in [5.74, 6) is -0.791. The van der Waals surface area contributed by atoms with Crippen LogP contribution in [0.4, 0.5) is 10.1 Å². The molecule has 3 rings (SSSR count). The third-order valence-electron chi connectivity index (χ3n) is 3.39. The summed E-state index contributed by atoms with van der Waals surface area (Å²) in [4.78, 5) is 24.6. The number of ether oxygens (including phenoxy) is 1. The standard InChI is InChI=1S/C16H12FNO3/c1-18-14-8-12(6-7-13(14)15(19)16(18)20)21-9-10-2-4-11(17)5-3-10/h2-8H,9H2,1H3. The quantitative estimate of drug-likeness (QED) is 0.814. The van der Waals surface area contributed by atoms with Crippen molar-refractivity contribution < 1.29 is 18.7 Å². The highest BCUT2D eigenvalue weighted by Crippen LogP contribution is 2.31. The summed E-state index contributed by atoms with van der Waals surface area (Å²) in [6.45, 7) is 0.282. The maximum absolute atomic E-state index is 12.8. The van der Waals surface area contributed by atoms with Crippen molar-refractivity contribution >= 4 is 17.4 Å². The van der Waals surface area contributed by atoms with Crippen LogP contribution in [0.3, 0.4) is 0 Å². The van der Waals surface area contributed by atoms with Gasteiger partial charge in [0.15, 0.2) is 0 Å². The Morgan fingerprint density at radius 3 is 2.52 bits per heavy atom. The first kappa shape index (κ1) is 13.3. The molecule has 2 aromatic rings. The summed E-state index contributed by atoms with van der Waals surface area (Å²) in [6, 6.07) is 10.9. The fraction of sp³-hybridized carbons (Fsp3) is 0.125. The molecule has 2 aromatic carbocycles. The Bertz CT molecular complexity index is 725. The van der Waals surface area contributed by atoms with E-state index >= 15 is 0 Å². The van der Waals surface area contributed by atoms with Crippen LogP contribution in [-0.2, 0) is 11.4 Å². The predicted octanol–water partition coefficient (Wildman–Crippen LogP) is 2.56. The van der Waals surface area contributed by atoms with E-state index in [1.54, 1.807) is 37.4 Å². The molecule has 0 radical (unpaired) electrons. The van der Waals surface area contributed by atoms with Crippen LogP contribution in [0.15, 0.2) is 42.5 Å². The number of Topliss-reactive ketones (excluding diaryl/α,β-unsaturated/α-hetero) is 1. The number of ketones is 1. The summed E-state index contributed by atoms with van der Waals surface area (Å²) in [5, 5.41) is 0. The Morgan fingerprint density at radius 2 is 1.81 bits per heavy atom. The molecule has 0 N–H and O–H groups in total. The zero-order chi connectivity index (χ0) is 15.0. The summed E-state index contributed by atoms with van der Waals surface area (Å²) in [7, 11) is 1.55. The van der Waals surface area contributed by atoms with E-state index in [1.807, 2.05) is 0 Å². The number of carbonyl (C=O) groups is 2. The van der Waals surface area contributed by atoms with Gasteiger partial charge in [0.05, 0.1) is 11.3 Å². The van der Waals surface area contributed by atoms with E-state index in [0.29, 0.717) is 17.0 Å². The SMILES string of the molecule is CN1C(=O)C(=O)c2ccc(OCc3ccc(F)cc3)cc21. The molecule has 1 aliphatic heterocycles. The van der Waals surface area contributed by atoms with Crippen molar-refractivity contribution in [3.05, 3.63) is 59.4 Å². The van der Waals surface area contributed by atoms with Crippen molar-refractivity contribution in [1.82, 2.24) is 0 Å². The molecule has 0 aromatic heterocycles. The normalized spacial score (nSPS) is 13.5. The Hall–Kier alpha value is -2.69. The van der Waals surface area contributed by atoms with Gasteiger partial charge in [-0.3, -0.25) is 9.59 Å². The molecule has 5 heteroatoms. The van der Waals surface area contributed by atoms with Gasteiger partial charge in [0.2, 0.25) is 0 Å².